The molecule has 0 fully saturated rings. The molecule has 0 radical (unpaired) electrons. The molecule has 0 spiro atoms. The fourth-order valence-electron chi connectivity index (χ4n) is 7.14. The fourth-order valence-corrected chi connectivity index (χ4v) is 7.14. The average molecular weight is 982 g/mol. The summed E-state index contributed by atoms with van der Waals surface area (Å²) in [6.07, 6.45) is 6.23. The van der Waals surface area contributed by atoms with Crippen molar-refractivity contribution in [3.05, 3.63) is 83.0 Å². The Hall–Kier alpha value is -8.11. The van der Waals surface area contributed by atoms with Gasteiger partial charge in [0.2, 0.25) is 29.5 Å². The summed E-state index contributed by atoms with van der Waals surface area (Å²) in [7, 11) is 5.37. The molecule has 2 aromatic carbocycles. The second-order valence-electron chi connectivity index (χ2n) is 17.1. The number of pyridine rings is 1. The van der Waals surface area contributed by atoms with Crippen molar-refractivity contribution < 1.29 is 38.4 Å². The van der Waals surface area contributed by atoms with Crippen molar-refractivity contribution in [1.82, 2.24) is 36.5 Å². The third-order valence-electron chi connectivity index (χ3n) is 11.0. The van der Waals surface area contributed by atoms with Crippen molar-refractivity contribution in [3.63, 3.8) is 0 Å². The number of Topliss-reactive ketones (excluding diaryl/α,β-unsaturated/α-hetero) is 1. The molecule has 1 aromatic heterocycles. The molecule has 1 aliphatic heterocycles. The largest absolute Gasteiger partial charge is 0.390 e. The Labute approximate surface area is 413 Å². The van der Waals surface area contributed by atoms with Crippen LogP contribution in [0.5, 0.6) is 0 Å². The topological polar surface area (TPSA) is 339 Å². The van der Waals surface area contributed by atoms with Gasteiger partial charge in [0, 0.05) is 76.8 Å². The Kier molecular flexibility index (Phi) is 23.9. The predicted octanol–water partition coefficient (Wildman–Crippen LogP) is 2.68. The van der Waals surface area contributed by atoms with Gasteiger partial charge < -0.3 is 47.4 Å². The summed E-state index contributed by atoms with van der Waals surface area (Å²) < 4.78 is 0. The number of rotatable bonds is 19. The summed E-state index contributed by atoms with van der Waals surface area (Å²) in [6.45, 7) is 4.66. The Morgan fingerprint density at radius 2 is 1.65 bits per heavy atom. The highest BCUT2D eigenvalue weighted by Gasteiger charge is 2.34. The third-order valence-corrected chi connectivity index (χ3v) is 11.0. The van der Waals surface area contributed by atoms with E-state index in [1.807, 2.05) is 43.3 Å². The van der Waals surface area contributed by atoms with Gasteiger partial charge in [0.25, 0.3) is 11.8 Å². The molecule has 0 aliphatic carbocycles. The lowest BCUT2D eigenvalue weighted by molar-refractivity contribution is -0.141. The number of unbranched alkanes of at least 4 members (excludes halogenated alkanes) is 2. The number of nitrogens with zero attached hydrogens (tertiary/aromatic N) is 5. The van der Waals surface area contributed by atoms with Crippen molar-refractivity contribution in [2.45, 2.75) is 90.4 Å². The number of hydrogen-bond donors (Lipinski definition) is 10. The summed E-state index contributed by atoms with van der Waals surface area (Å²) >= 11 is 0. The first-order valence-corrected chi connectivity index (χ1v) is 23.1. The van der Waals surface area contributed by atoms with E-state index in [0.29, 0.717) is 49.2 Å². The lowest BCUT2D eigenvalue weighted by Crippen LogP contribution is -2.57. The van der Waals surface area contributed by atoms with Gasteiger partial charge in [0.05, 0.1) is 24.7 Å². The molecule has 2 bridgehead atoms. The van der Waals surface area contributed by atoms with Crippen molar-refractivity contribution in [3.8, 4) is 0 Å². The summed E-state index contributed by atoms with van der Waals surface area (Å²) in [5, 5.41) is 20.4. The Balaban J connectivity index is 0.00000657. The Morgan fingerprint density at radius 3 is 2.30 bits per heavy atom. The van der Waals surface area contributed by atoms with Crippen LogP contribution >= 0.6 is 0 Å². The van der Waals surface area contributed by atoms with Gasteiger partial charge in [-0.25, -0.2) is 16.0 Å². The van der Waals surface area contributed by atoms with Crippen LogP contribution in [0.25, 0.3) is 0 Å². The number of aliphatic imine (C=N–C) groups is 1. The Morgan fingerprint density at radius 1 is 0.930 bits per heavy atom. The molecule has 7 amide bonds. The van der Waals surface area contributed by atoms with Crippen LogP contribution in [-0.2, 0) is 35.3 Å². The van der Waals surface area contributed by atoms with Crippen LogP contribution in [0, 0.1) is 17.0 Å². The zero-order valence-electron chi connectivity index (χ0n) is 41.1. The maximum atomic E-state index is 14.0. The van der Waals surface area contributed by atoms with E-state index in [1.54, 1.807) is 38.3 Å². The number of fused-ring (bicyclic) bond motifs is 2. The van der Waals surface area contributed by atoms with E-state index in [4.69, 9.17) is 16.8 Å². The highest BCUT2D eigenvalue weighted by Crippen LogP contribution is 2.19. The molecule has 1 aliphatic rings. The van der Waals surface area contributed by atoms with Crippen molar-refractivity contribution in [2.24, 2.45) is 21.7 Å². The van der Waals surface area contributed by atoms with Crippen LogP contribution in [0.4, 0.5) is 17.2 Å². The first-order valence-electron chi connectivity index (χ1n) is 23.1. The van der Waals surface area contributed by atoms with Crippen LogP contribution < -0.4 is 48.0 Å². The number of anilines is 3. The van der Waals surface area contributed by atoms with Crippen LogP contribution in [0.1, 0.15) is 97.6 Å². The highest BCUT2D eigenvalue weighted by molar-refractivity contribution is 6.01. The van der Waals surface area contributed by atoms with Crippen molar-refractivity contribution in [2.75, 3.05) is 56.4 Å². The summed E-state index contributed by atoms with van der Waals surface area (Å²) in [5.74, 6) is -4.31. The van der Waals surface area contributed by atoms with Crippen molar-refractivity contribution >= 4 is 76.9 Å². The van der Waals surface area contributed by atoms with E-state index in [1.165, 1.54) is 37.2 Å². The maximum Gasteiger partial charge on any atom is 0.252 e. The number of carbonyl (C=O) groups is 8. The maximum absolute atomic E-state index is 14.0. The van der Waals surface area contributed by atoms with Crippen LogP contribution in [0.2, 0.25) is 0 Å². The fraction of sp³-hybridized carbons (Fsp3) is 0.438. The first-order chi connectivity index (χ1) is 33.9. The van der Waals surface area contributed by atoms with E-state index < -0.39 is 60.1 Å². The van der Waals surface area contributed by atoms with Gasteiger partial charge in [-0.3, -0.25) is 48.8 Å². The van der Waals surface area contributed by atoms with E-state index in [0.717, 1.165) is 17.6 Å². The van der Waals surface area contributed by atoms with E-state index >= 15 is 0 Å². The predicted molar refractivity (Wildman–Crippen MR) is 269 cm³/mol. The molecule has 3 aromatic rings. The number of benzene rings is 2. The molecule has 0 saturated heterocycles. The molecule has 3 atom stereocenters. The number of ketones is 1. The Bertz CT molecular complexity index is 2360. The van der Waals surface area contributed by atoms with E-state index in [-0.39, 0.29) is 61.2 Å². The van der Waals surface area contributed by atoms with E-state index in [9.17, 15) is 38.4 Å². The summed E-state index contributed by atoms with van der Waals surface area (Å²) in [6, 6.07) is 12.2. The van der Waals surface area contributed by atoms with Crippen LogP contribution in [0.15, 0.2) is 70.9 Å². The molecule has 4 rings (SSSR count). The molecular formula is C48H67N15O8. The molecule has 1 unspecified atom stereocenters. The van der Waals surface area contributed by atoms with Crippen molar-refractivity contribution in [1.29, 1.82) is 11.1 Å². The average Bonchev–Trinajstić information content (AvgIpc) is 3.34. The zero-order chi connectivity index (χ0) is 52.5. The highest BCUT2D eigenvalue weighted by atomic mass is 16.2. The monoisotopic (exact) mass is 982 g/mol. The summed E-state index contributed by atoms with van der Waals surface area (Å²) in [5.41, 5.74) is 21.3. The van der Waals surface area contributed by atoms with E-state index in [2.05, 4.69) is 52.4 Å². The first kappa shape index (κ1) is 57.2. The summed E-state index contributed by atoms with van der Waals surface area (Å²) in [4.78, 5) is 117. The number of nitrogens with one attached hydrogen (secondary N) is 9. The molecule has 382 valence electrons. The lowest BCUT2D eigenvalue weighted by Gasteiger charge is -2.32. The molecule has 71 heavy (non-hydrogen) atoms. The number of hydrogen-bond acceptors (Lipinski definition) is 15. The number of amides is 7. The SMILES string of the molecule is CC(=O)C[C@@H]1NC(=O)CNC(=O)[C@H](CCCN=CN)N(C)C(=O)C(C(C)C)NC(=O)c2cc(cc(NC(=O)CCCCCNC(=O)c3ccc(N/N=C\c4ccc(N(C)C)cc4)nc3)c2)CNC1=O.N=N. The number of nitrogens with two attached hydrogens (primary N) is 1. The second kappa shape index (κ2) is 29.7. The molecule has 23 heteroatoms. The minimum Gasteiger partial charge on any atom is -0.390 e. The van der Waals surface area contributed by atoms with Gasteiger partial charge in [0.15, 0.2) is 0 Å². The van der Waals surface area contributed by atoms with Gasteiger partial charge in [-0.05, 0) is 92.1 Å². The van der Waals surface area contributed by atoms with Crippen LogP contribution in [0.3, 0.4) is 0 Å². The standard InChI is InChI=1S/C48H65N13O8.H2N2/c1-30(2)43-48(69)61(6)39(11-10-19-50-29-49)47(68)54-28-42(64)57-38(21-31(3)62)46(67)53-25-33-22-35(45(66)58-43)24-36(23-33)56-41(63)12-8-7-9-20-51-44(65)34-15-18-40(52-27-34)59-55-26-32-13-16-37(17-14-32)60(4)5;1-2/h13-18,22-24,26-27,29-30,38-39,43H,7-12,19-21,25,28H2,1-6H3,(H2,49,50)(H,51,65)(H,52,59)(H,53,67)(H,54,68)(H,56,63)(H,57,64)(H,58,66);1-2H/b55-26-;/t38-,39-,43?;/m0./s1. The number of carbonyl (C=O) groups excluding carboxylic acids is 8. The smallest absolute Gasteiger partial charge is 0.252 e. The molecule has 0 saturated carbocycles. The van der Waals surface area contributed by atoms with Gasteiger partial charge in [-0.2, -0.15) is 5.10 Å². The number of likely N-dealkylation sites (N-methyl/N-ethyl adjacent to an activating group) is 1. The third kappa shape index (κ3) is 19.4. The molecule has 23 nitrogen and oxygen atoms in total. The van der Waals surface area contributed by atoms with Gasteiger partial charge in [0.1, 0.15) is 29.7 Å². The minimum absolute atomic E-state index is 0.0640. The van der Waals surface area contributed by atoms with Crippen LogP contribution in [-0.4, -0.2) is 128 Å². The minimum atomic E-state index is -1.29. The number of hydrazone groups is 1. The molecule has 11 N–H and O–H groups in total. The normalized spacial score (nSPS) is 16.9. The van der Waals surface area contributed by atoms with Gasteiger partial charge in [-0.1, -0.05) is 32.4 Å². The number of aromatic nitrogens is 1. The zero-order valence-corrected chi connectivity index (χ0v) is 41.1. The molecular weight excluding hydrogens is 915 g/mol. The lowest BCUT2D eigenvalue weighted by atomic mass is 9.99. The van der Waals surface area contributed by atoms with Gasteiger partial charge in [-0.15, -0.1) is 0 Å². The molecule has 2 heterocycles. The van der Waals surface area contributed by atoms with Gasteiger partial charge >= 0.3 is 0 Å². The second-order valence-corrected chi connectivity index (χ2v) is 17.1. The quantitative estimate of drug-likeness (QED) is 0.0273.